The number of nitrogens with zero attached hydrogens (tertiary/aromatic N) is 3. The molecule has 1 amide bonds. The predicted molar refractivity (Wildman–Crippen MR) is 120 cm³/mol. The fourth-order valence-corrected chi connectivity index (χ4v) is 5.32. The summed E-state index contributed by atoms with van der Waals surface area (Å²) in [6, 6.07) is 13.2. The van der Waals surface area contributed by atoms with Gasteiger partial charge in [0.25, 0.3) is 15.7 Å². The molecule has 0 saturated carbocycles. The number of nitro benzene ring substituents is 1. The number of para-hydroxylation sites is 2. The number of rotatable bonds is 6. The number of ether oxygens (including phenoxy) is 1. The van der Waals surface area contributed by atoms with E-state index < -0.39 is 43.3 Å². The number of likely N-dealkylation sites (tertiary alicyclic amines) is 1. The standard InChI is InChI=1S/C22H27N3O6S/c1-22(2,3)31-21(26)23-15-9-12-18(23)16-24(17-10-5-4-6-11-17)32(29,30)20-14-8-7-13-19(20)25(27)28/h4-8,10-11,13-14,18H,9,12,15-16H2,1-3H3/t18-/m1/s1. The minimum atomic E-state index is -4.29. The van der Waals surface area contributed by atoms with Crippen LogP contribution >= 0.6 is 0 Å². The molecule has 0 bridgehead atoms. The molecule has 1 aliphatic heterocycles. The second-order valence-corrected chi connectivity index (χ2v) is 10.4. The Balaban J connectivity index is 2.00. The molecule has 172 valence electrons. The highest BCUT2D eigenvalue weighted by Crippen LogP contribution is 2.32. The highest BCUT2D eigenvalue weighted by molar-refractivity contribution is 7.93. The molecule has 9 nitrogen and oxygen atoms in total. The van der Waals surface area contributed by atoms with Gasteiger partial charge in [-0.25, -0.2) is 13.2 Å². The average molecular weight is 462 g/mol. The molecule has 2 aromatic carbocycles. The minimum Gasteiger partial charge on any atom is -0.444 e. The zero-order chi connectivity index (χ0) is 23.5. The molecule has 32 heavy (non-hydrogen) atoms. The van der Waals surface area contributed by atoms with E-state index in [4.69, 9.17) is 4.74 Å². The number of benzene rings is 2. The van der Waals surface area contributed by atoms with Gasteiger partial charge >= 0.3 is 6.09 Å². The molecular formula is C22H27N3O6S. The summed E-state index contributed by atoms with van der Waals surface area (Å²) in [4.78, 5) is 24.6. The summed E-state index contributed by atoms with van der Waals surface area (Å²) in [5.74, 6) is 0. The van der Waals surface area contributed by atoms with Crippen molar-refractivity contribution in [3.05, 3.63) is 64.7 Å². The van der Waals surface area contributed by atoms with Gasteiger partial charge in [0.15, 0.2) is 4.90 Å². The van der Waals surface area contributed by atoms with Crippen molar-refractivity contribution in [1.82, 2.24) is 4.90 Å². The lowest BCUT2D eigenvalue weighted by Crippen LogP contribution is -2.47. The summed E-state index contributed by atoms with van der Waals surface area (Å²) in [7, 11) is -4.29. The van der Waals surface area contributed by atoms with E-state index in [-0.39, 0.29) is 6.54 Å². The normalized spacial score (nSPS) is 16.6. The quantitative estimate of drug-likeness (QED) is 0.471. The molecule has 0 aromatic heterocycles. The third-order valence-electron chi connectivity index (χ3n) is 5.06. The fourth-order valence-electron chi connectivity index (χ4n) is 3.66. The molecule has 1 heterocycles. The van der Waals surface area contributed by atoms with E-state index in [1.165, 1.54) is 29.2 Å². The molecule has 1 fully saturated rings. The van der Waals surface area contributed by atoms with E-state index in [0.29, 0.717) is 25.1 Å². The molecule has 1 atom stereocenters. The summed E-state index contributed by atoms with van der Waals surface area (Å²) in [5.41, 5.74) is -0.814. The van der Waals surface area contributed by atoms with E-state index >= 15 is 0 Å². The van der Waals surface area contributed by atoms with Crippen LogP contribution in [0.25, 0.3) is 0 Å². The SMILES string of the molecule is CC(C)(C)OC(=O)N1CCC[C@@H]1CN(c1ccccc1)S(=O)(=O)c1ccccc1[N+](=O)[O-]. The number of anilines is 1. The maximum Gasteiger partial charge on any atom is 0.410 e. The summed E-state index contributed by atoms with van der Waals surface area (Å²) >= 11 is 0. The Morgan fingerprint density at radius 3 is 2.41 bits per heavy atom. The van der Waals surface area contributed by atoms with Crippen LogP contribution in [0.4, 0.5) is 16.2 Å². The van der Waals surface area contributed by atoms with Crippen molar-refractivity contribution in [3.63, 3.8) is 0 Å². The molecule has 1 aliphatic rings. The van der Waals surface area contributed by atoms with E-state index in [0.717, 1.165) is 4.31 Å². The third kappa shape index (κ3) is 5.18. The Labute approximate surface area is 187 Å². The van der Waals surface area contributed by atoms with E-state index in [2.05, 4.69) is 0 Å². The van der Waals surface area contributed by atoms with Crippen LogP contribution in [0.15, 0.2) is 59.5 Å². The molecule has 0 aliphatic carbocycles. The molecule has 0 spiro atoms. The van der Waals surface area contributed by atoms with Gasteiger partial charge < -0.3 is 9.64 Å². The lowest BCUT2D eigenvalue weighted by atomic mass is 10.2. The largest absolute Gasteiger partial charge is 0.444 e. The second kappa shape index (κ2) is 9.15. The smallest absolute Gasteiger partial charge is 0.410 e. The summed E-state index contributed by atoms with van der Waals surface area (Å²) in [6.45, 7) is 5.72. The first-order valence-electron chi connectivity index (χ1n) is 10.3. The van der Waals surface area contributed by atoms with Gasteiger partial charge in [-0.15, -0.1) is 0 Å². The van der Waals surface area contributed by atoms with Crippen molar-refractivity contribution in [2.75, 3.05) is 17.4 Å². The fraction of sp³-hybridized carbons (Fsp3) is 0.409. The maximum absolute atomic E-state index is 13.6. The Bertz CT molecular complexity index is 1080. The molecule has 1 saturated heterocycles. The van der Waals surface area contributed by atoms with Crippen molar-refractivity contribution in [2.45, 2.75) is 50.2 Å². The molecule has 10 heteroatoms. The number of sulfonamides is 1. The van der Waals surface area contributed by atoms with Crippen LogP contribution in [-0.4, -0.2) is 49.1 Å². The minimum absolute atomic E-state index is 0.0440. The van der Waals surface area contributed by atoms with Gasteiger partial charge in [0.2, 0.25) is 0 Å². The topological polar surface area (TPSA) is 110 Å². The van der Waals surface area contributed by atoms with Crippen molar-refractivity contribution < 1.29 is 22.9 Å². The summed E-state index contributed by atoms with van der Waals surface area (Å²) in [5, 5.41) is 11.5. The van der Waals surface area contributed by atoms with Gasteiger partial charge in [0.1, 0.15) is 5.60 Å². The lowest BCUT2D eigenvalue weighted by Gasteiger charge is -2.32. The first-order chi connectivity index (χ1) is 15.0. The molecular weight excluding hydrogens is 434 g/mol. The number of hydrogen-bond donors (Lipinski definition) is 0. The van der Waals surface area contributed by atoms with E-state index in [1.807, 2.05) is 0 Å². The third-order valence-corrected chi connectivity index (χ3v) is 6.90. The van der Waals surface area contributed by atoms with Crippen molar-refractivity contribution in [3.8, 4) is 0 Å². The van der Waals surface area contributed by atoms with Gasteiger partial charge in [0.05, 0.1) is 23.2 Å². The molecule has 3 rings (SSSR count). The Hall–Kier alpha value is -3.14. The lowest BCUT2D eigenvalue weighted by molar-refractivity contribution is -0.387. The highest BCUT2D eigenvalue weighted by Gasteiger charge is 2.38. The van der Waals surface area contributed by atoms with Crippen molar-refractivity contribution in [2.24, 2.45) is 0 Å². The van der Waals surface area contributed by atoms with Gasteiger partial charge in [-0.1, -0.05) is 30.3 Å². The van der Waals surface area contributed by atoms with Gasteiger partial charge in [0, 0.05) is 12.6 Å². The molecule has 2 aromatic rings. The highest BCUT2D eigenvalue weighted by atomic mass is 32.2. The number of nitro groups is 1. The van der Waals surface area contributed by atoms with Crippen LogP contribution in [0, 0.1) is 10.1 Å². The Morgan fingerprint density at radius 2 is 1.78 bits per heavy atom. The second-order valence-electron chi connectivity index (χ2n) is 8.57. The van der Waals surface area contributed by atoms with Crippen LogP contribution in [0.1, 0.15) is 33.6 Å². The van der Waals surface area contributed by atoms with Crippen LogP contribution in [0.5, 0.6) is 0 Å². The zero-order valence-corrected chi connectivity index (χ0v) is 19.1. The molecule has 0 radical (unpaired) electrons. The number of carbonyl (C=O) groups is 1. The van der Waals surface area contributed by atoms with Crippen molar-refractivity contribution >= 4 is 27.5 Å². The van der Waals surface area contributed by atoms with Crippen LogP contribution < -0.4 is 4.31 Å². The van der Waals surface area contributed by atoms with E-state index in [9.17, 15) is 23.3 Å². The maximum atomic E-state index is 13.6. The van der Waals surface area contributed by atoms with Crippen LogP contribution in [0.3, 0.4) is 0 Å². The van der Waals surface area contributed by atoms with Gasteiger partial charge in [-0.3, -0.25) is 14.4 Å². The zero-order valence-electron chi connectivity index (χ0n) is 18.3. The van der Waals surface area contributed by atoms with Gasteiger partial charge in [-0.05, 0) is 51.8 Å². The molecule has 0 N–H and O–H groups in total. The van der Waals surface area contributed by atoms with E-state index in [1.54, 1.807) is 51.1 Å². The predicted octanol–water partition coefficient (Wildman–Crippen LogP) is 4.19. The molecule has 0 unspecified atom stereocenters. The number of amides is 1. The van der Waals surface area contributed by atoms with Crippen molar-refractivity contribution in [1.29, 1.82) is 0 Å². The first-order valence-corrected chi connectivity index (χ1v) is 11.8. The summed E-state index contributed by atoms with van der Waals surface area (Å²) in [6.07, 6.45) is 0.795. The average Bonchev–Trinajstić information content (AvgIpc) is 3.20. The Kier molecular flexibility index (Phi) is 6.73. The first kappa shape index (κ1) is 23.5. The summed E-state index contributed by atoms with van der Waals surface area (Å²) < 4.78 is 33.9. The Morgan fingerprint density at radius 1 is 1.16 bits per heavy atom. The monoisotopic (exact) mass is 461 g/mol. The van der Waals surface area contributed by atoms with Crippen LogP contribution in [0.2, 0.25) is 0 Å². The number of hydrogen-bond acceptors (Lipinski definition) is 6. The van der Waals surface area contributed by atoms with Gasteiger partial charge in [-0.2, -0.15) is 0 Å². The van der Waals surface area contributed by atoms with Crippen LogP contribution in [-0.2, 0) is 14.8 Å². The number of carbonyl (C=O) groups excluding carboxylic acids is 1.